The van der Waals surface area contributed by atoms with E-state index in [0.717, 1.165) is 24.5 Å². The smallest absolute Gasteiger partial charge is 0.128 e. The van der Waals surface area contributed by atoms with Gasteiger partial charge in [0.05, 0.1) is 12.7 Å². The summed E-state index contributed by atoms with van der Waals surface area (Å²) in [5, 5.41) is 9.47. The van der Waals surface area contributed by atoms with Gasteiger partial charge in [0, 0.05) is 26.4 Å². The molecule has 0 bridgehead atoms. The van der Waals surface area contributed by atoms with Crippen LogP contribution in [0.3, 0.4) is 0 Å². The second-order valence-electron chi connectivity index (χ2n) is 4.96. The summed E-state index contributed by atoms with van der Waals surface area (Å²) in [6.07, 6.45) is 1.27. The molecule has 4 nitrogen and oxygen atoms in total. The first-order chi connectivity index (χ1) is 8.54. The maximum absolute atomic E-state index is 9.47. The highest BCUT2D eigenvalue weighted by Crippen LogP contribution is 2.16. The van der Waals surface area contributed by atoms with Crippen molar-refractivity contribution in [2.75, 3.05) is 31.7 Å². The average molecular weight is 252 g/mol. The molecule has 0 aliphatic heterocycles. The van der Waals surface area contributed by atoms with E-state index in [1.165, 1.54) is 0 Å². The topological polar surface area (TPSA) is 45.6 Å². The zero-order valence-electron chi connectivity index (χ0n) is 11.8. The van der Waals surface area contributed by atoms with Crippen molar-refractivity contribution < 1.29 is 9.84 Å². The fourth-order valence-electron chi connectivity index (χ4n) is 1.77. The Labute approximate surface area is 110 Å². The zero-order chi connectivity index (χ0) is 13.5. The van der Waals surface area contributed by atoms with E-state index < -0.39 is 6.10 Å². The van der Waals surface area contributed by atoms with Crippen molar-refractivity contribution >= 4 is 5.82 Å². The first kappa shape index (κ1) is 14.9. The number of hydrogen-bond donors (Lipinski definition) is 1. The third-order valence-corrected chi connectivity index (χ3v) is 2.73. The van der Waals surface area contributed by atoms with E-state index in [9.17, 15) is 5.11 Å². The Morgan fingerprint density at radius 3 is 2.50 bits per heavy atom. The second kappa shape index (κ2) is 7.34. The fourth-order valence-corrected chi connectivity index (χ4v) is 1.77. The van der Waals surface area contributed by atoms with E-state index in [-0.39, 0.29) is 0 Å². The molecule has 0 amide bonds. The molecule has 1 N–H and O–H groups in total. The summed E-state index contributed by atoms with van der Waals surface area (Å²) in [5.41, 5.74) is 0.843. The fraction of sp³-hybridized carbons (Fsp3) is 0.643. The van der Waals surface area contributed by atoms with Crippen LogP contribution in [0.5, 0.6) is 0 Å². The van der Waals surface area contributed by atoms with Gasteiger partial charge in [0.15, 0.2) is 0 Å². The van der Waals surface area contributed by atoms with E-state index in [1.54, 1.807) is 20.2 Å². The number of rotatable bonds is 7. The Morgan fingerprint density at radius 1 is 1.33 bits per heavy atom. The molecule has 0 saturated heterocycles. The van der Waals surface area contributed by atoms with Gasteiger partial charge < -0.3 is 14.7 Å². The maximum Gasteiger partial charge on any atom is 0.128 e. The highest BCUT2D eigenvalue weighted by atomic mass is 16.5. The van der Waals surface area contributed by atoms with Crippen molar-refractivity contribution in [1.82, 2.24) is 4.98 Å². The number of aliphatic hydroxyl groups excluding tert-OH is 1. The molecule has 1 heterocycles. The van der Waals surface area contributed by atoms with E-state index in [4.69, 9.17) is 4.74 Å². The number of nitrogens with zero attached hydrogens (tertiary/aromatic N) is 2. The standard InChI is InChI=1S/C14H24N2O2/c1-11(2)10-16(7-8-18-4)14-6-5-13(9-15-14)12(3)17/h5-6,9,11-12,17H,7-8,10H2,1-4H3/t12-/m0/s1. The van der Waals surface area contributed by atoms with Gasteiger partial charge in [-0.05, 0) is 24.5 Å². The highest BCUT2D eigenvalue weighted by Gasteiger charge is 2.10. The Hall–Kier alpha value is -1.13. The maximum atomic E-state index is 9.47. The van der Waals surface area contributed by atoms with E-state index in [2.05, 4.69) is 23.7 Å². The second-order valence-corrected chi connectivity index (χ2v) is 4.96. The largest absolute Gasteiger partial charge is 0.389 e. The van der Waals surface area contributed by atoms with Gasteiger partial charge in [0.2, 0.25) is 0 Å². The third-order valence-electron chi connectivity index (χ3n) is 2.73. The van der Waals surface area contributed by atoms with Crippen LogP contribution in [0.25, 0.3) is 0 Å². The summed E-state index contributed by atoms with van der Waals surface area (Å²) in [4.78, 5) is 6.62. The van der Waals surface area contributed by atoms with E-state index >= 15 is 0 Å². The van der Waals surface area contributed by atoms with Crippen LogP contribution in [0.1, 0.15) is 32.4 Å². The number of aliphatic hydroxyl groups is 1. The van der Waals surface area contributed by atoms with Gasteiger partial charge in [0.1, 0.15) is 5.82 Å². The number of aromatic nitrogens is 1. The monoisotopic (exact) mass is 252 g/mol. The van der Waals surface area contributed by atoms with Crippen molar-refractivity contribution in [3.8, 4) is 0 Å². The zero-order valence-corrected chi connectivity index (χ0v) is 11.8. The van der Waals surface area contributed by atoms with Crippen LogP contribution in [0.4, 0.5) is 5.82 Å². The summed E-state index contributed by atoms with van der Waals surface area (Å²) < 4.78 is 5.13. The van der Waals surface area contributed by atoms with Gasteiger partial charge >= 0.3 is 0 Å². The molecule has 0 unspecified atom stereocenters. The molecule has 1 aromatic heterocycles. The molecule has 4 heteroatoms. The summed E-state index contributed by atoms with van der Waals surface area (Å²) >= 11 is 0. The number of methoxy groups -OCH3 is 1. The Morgan fingerprint density at radius 2 is 2.06 bits per heavy atom. The predicted octanol–water partition coefficient (Wildman–Crippen LogP) is 2.24. The third kappa shape index (κ3) is 4.63. The van der Waals surface area contributed by atoms with Gasteiger partial charge in [-0.25, -0.2) is 4.98 Å². The first-order valence-corrected chi connectivity index (χ1v) is 6.42. The average Bonchev–Trinajstić information content (AvgIpc) is 2.34. The number of ether oxygens (including phenoxy) is 1. The summed E-state index contributed by atoms with van der Waals surface area (Å²) in [6.45, 7) is 8.58. The van der Waals surface area contributed by atoms with E-state index in [0.29, 0.717) is 12.5 Å². The lowest BCUT2D eigenvalue weighted by Crippen LogP contribution is -2.31. The lowest BCUT2D eigenvalue weighted by molar-refractivity contribution is 0.198. The number of anilines is 1. The normalized spacial score (nSPS) is 12.8. The van der Waals surface area contributed by atoms with Crippen molar-refractivity contribution in [2.24, 2.45) is 5.92 Å². The SMILES string of the molecule is COCCN(CC(C)C)c1ccc([C@H](C)O)cn1. The minimum absolute atomic E-state index is 0.468. The molecular formula is C14H24N2O2. The quantitative estimate of drug-likeness (QED) is 0.808. The van der Waals surface area contributed by atoms with Gasteiger partial charge in [-0.15, -0.1) is 0 Å². The molecule has 0 aliphatic rings. The van der Waals surface area contributed by atoms with Crippen LogP contribution >= 0.6 is 0 Å². The predicted molar refractivity (Wildman–Crippen MR) is 73.8 cm³/mol. The van der Waals surface area contributed by atoms with Gasteiger partial charge in [0.25, 0.3) is 0 Å². The molecule has 1 rings (SSSR count). The molecule has 0 spiro atoms. The van der Waals surface area contributed by atoms with Crippen LogP contribution < -0.4 is 4.90 Å². The minimum Gasteiger partial charge on any atom is -0.389 e. The Bertz CT molecular complexity index is 336. The Balaban J connectivity index is 2.77. The van der Waals surface area contributed by atoms with Gasteiger partial charge in [-0.2, -0.15) is 0 Å². The van der Waals surface area contributed by atoms with Crippen molar-refractivity contribution in [3.63, 3.8) is 0 Å². The van der Waals surface area contributed by atoms with Crippen molar-refractivity contribution in [3.05, 3.63) is 23.9 Å². The molecular weight excluding hydrogens is 228 g/mol. The van der Waals surface area contributed by atoms with Crippen LogP contribution in [0.15, 0.2) is 18.3 Å². The van der Waals surface area contributed by atoms with Crippen LogP contribution in [-0.4, -0.2) is 36.9 Å². The molecule has 1 atom stereocenters. The molecule has 0 fully saturated rings. The van der Waals surface area contributed by atoms with Gasteiger partial charge in [-0.1, -0.05) is 19.9 Å². The summed E-state index contributed by atoms with van der Waals surface area (Å²) in [6, 6.07) is 3.88. The van der Waals surface area contributed by atoms with E-state index in [1.807, 2.05) is 12.1 Å². The Kier molecular flexibility index (Phi) is 6.09. The molecule has 102 valence electrons. The van der Waals surface area contributed by atoms with Crippen LogP contribution in [-0.2, 0) is 4.74 Å². The lowest BCUT2D eigenvalue weighted by atomic mass is 10.2. The number of hydrogen-bond acceptors (Lipinski definition) is 4. The molecule has 0 aromatic carbocycles. The molecule has 0 aliphatic carbocycles. The van der Waals surface area contributed by atoms with Crippen molar-refractivity contribution in [2.45, 2.75) is 26.9 Å². The lowest BCUT2D eigenvalue weighted by Gasteiger charge is -2.25. The summed E-state index contributed by atoms with van der Waals surface area (Å²) in [7, 11) is 1.71. The van der Waals surface area contributed by atoms with Gasteiger partial charge in [-0.3, -0.25) is 0 Å². The molecule has 18 heavy (non-hydrogen) atoms. The van der Waals surface area contributed by atoms with Crippen molar-refractivity contribution in [1.29, 1.82) is 0 Å². The molecule has 0 radical (unpaired) electrons. The van der Waals surface area contributed by atoms with Crippen LogP contribution in [0.2, 0.25) is 0 Å². The highest BCUT2D eigenvalue weighted by molar-refractivity contribution is 5.39. The number of pyridine rings is 1. The molecule has 1 aromatic rings. The minimum atomic E-state index is -0.468. The van der Waals surface area contributed by atoms with Crippen LogP contribution in [0, 0.1) is 5.92 Å². The first-order valence-electron chi connectivity index (χ1n) is 6.42. The summed E-state index contributed by atoms with van der Waals surface area (Å²) in [5.74, 6) is 1.50. The molecule has 0 saturated carbocycles.